The van der Waals surface area contributed by atoms with Crippen molar-refractivity contribution in [1.82, 2.24) is 14.6 Å². The van der Waals surface area contributed by atoms with Crippen LogP contribution in [0, 0.1) is 18.8 Å². The van der Waals surface area contributed by atoms with Gasteiger partial charge in [-0.3, -0.25) is 9.88 Å². The quantitative estimate of drug-likeness (QED) is 0.514. The molecule has 6 atom stereocenters. The molecule has 3 saturated heterocycles. The van der Waals surface area contributed by atoms with Crippen LogP contribution in [0.25, 0.3) is 10.9 Å². The molecule has 3 fully saturated rings. The zero-order chi connectivity index (χ0) is 22.9. The molecule has 5 nitrogen and oxygen atoms in total. The monoisotopic (exact) mass is 461 g/mol. The summed E-state index contributed by atoms with van der Waals surface area (Å²) in [6.45, 7) is 8.20. The Morgan fingerprint density at radius 1 is 1.24 bits per heavy atom. The van der Waals surface area contributed by atoms with Gasteiger partial charge in [0.25, 0.3) is 0 Å². The molecule has 0 radical (unpaired) electrons. The number of benzene rings is 2. The van der Waals surface area contributed by atoms with Gasteiger partial charge in [-0.25, -0.2) is 8.93 Å². The maximum absolute atomic E-state index is 13.5. The lowest BCUT2D eigenvalue weighted by Gasteiger charge is -2.51. The molecule has 0 spiro atoms. The number of hydrogen-bond donors (Lipinski definition) is 1. The van der Waals surface area contributed by atoms with E-state index in [1.807, 2.05) is 55.6 Å². The van der Waals surface area contributed by atoms with Crippen LogP contribution < -0.4 is 9.46 Å². The second-order valence-corrected chi connectivity index (χ2v) is 10.5. The first-order valence-electron chi connectivity index (χ1n) is 11.6. The number of nitrogens with one attached hydrogen (secondary N) is 1. The van der Waals surface area contributed by atoms with E-state index in [-0.39, 0.29) is 12.1 Å². The van der Waals surface area contributed by atoms with Gasteiger partial charge in [-0.15, -0.1) is 6.58 Å². The maximum Gasteiger partial charge on any atom is 0.125 e. The molecular weight excluding hydrogens is 430 g/mol. The third-order valence-corrected chi connectivity index (χ3v) is 8.49. The number of aromatic nitrogens is 1. The minimum Gasteiger partial charge on any atom is -0.497 e. The van der Waals surface area contributed by atoms with Crippen molar-refractivity contribution in [1.29, 1.82) is 0 Å². The SMILES string of the molecule is C=CC1CN2CCC1C[C@H]2[C@@H](NS(=O)c1ccc(C)cc1)c1ccnc2ccc(OC)cc12. The summed E-state index contributed by atoms with van der Waals surface area (Å²) in [7, 11) is 0.346. The van der Waals surface area contributed by atoms with Crippen LogP contribution in [0.4, 0.5) is 0 Å². The molecule has 6 rings (SSSR count). The molecule has 33 heavy (non-hydrogen) atoms. The predicted molar refractivity (Wildman–Crippen MR) is 134 cm³/mol. The topological polar surface area (TPSA) is 54.5 Å². The van der Waals surface area contributed by atoms with Crippen molar-refractivity contribution in [3.8, 4) is 5.75 Å². The number of pyridine rings is 1. The van der Waals surface area contributed by atoms with E-state index in [2.05, 4.69) is 33.3 Å². The summed E-state index contributed by atoms with van der Waals surface area (Å²) in [5.74, 6) is 1.96. The summed E-state index contributed by atoms with van der Waals surface area (Å²) in [6.07, 6.45) is 6.24. The molecule has 1 aromatic heterocycles. The average molecular weight is 462 g/mol. The van der Waals surface area contributed by atoms with Crippen molar-refractivity contribution in [3.63, 3.8) is 0 Å². The molecule has 2 aromatic carbocycles. The Hall–Kier alpha value is -2.54. The van der Waals surface area contributed by atoms with E-state index < -0.39 is 11.0 Å². The largest absolute Gasteiger partial charge is 0.497 e. The Morgan fingerprint density at radius 2 is 2.06 bits per heavy atom. The molecule has 4 unspecified atom stereocenters. The molecule has 2 bridgehead atoms. The molecule has 3 aliphatic heterocycles. The number of methoxy groups -OCH3 is 1. The van der Waals surface area contributed by atoms with Crippen LogP contribution in [0.2, 0.25) is 0 Å². The van der Waals surface area contributed by atoms with Gasteiger partial charge in [0.1, 0.15) is 16.7 Å². The highest BCUT2D eigenvalue weighted by Gasteiger charge is 2.43. The molecule has 0 saturated carbocycles. The second-order valence-electron chi connectivity index (χ2n) is 9.21. The Bertz CT molecular complexity index is 1180. The molecule has 0 aliphatic carbocycles. The summed E-state index contributed by atoms with van der Waals surface area (Å²) in [6, 6.07) is 16.1. The maximum atomic E-state index is 13.5. The highest BCUT2D eigenvalue weighted by molar-refractivity contribution is 7.83. The van der Waals surface area contributed by atoms with E-state index in [1.54, 1.807) is 7.11 Å². The van der Waals surface area contributed by atoms with Gasteiger partial charge in [-0.2, -0.15) is 0 Å². The lowest BCUT2D eigenvalue weighted by molar-refractivity contribution is 0.00511. The zero-order valence-electron chi connectivity index (χ0n) is 19.2. The van der Waals surface area contributed by atoms with E-state index in [1.165, 1.54) is 6.42 Å². The van der Waals surface area contributed by atoms with Crippen molar-refractivity contribution < 1.29 is 8.95 Å². The van der Waals surface area contributed by atoms with Gasteiger partial charge < -0.3 is 4.74 Å². The molecule has 4 heterocycles. The number of aryl methyl sites for hydroxylation is 1. The molecular formula is C27H31N3O2S. The van der Waals surface area contributed by atoms with Crippen molar-refractivity contribution in [2.24, 2.45) is 11.8 Å². The minimum absolute atomic E-state index is 0.0988. The number of fused-ring (bicyclic) bond motifs is 4. The van der Waals surface area contributed by atoms with Gasteiger partial charge in [-0.1, -0.05) is 23.8 Å². The number of nitrogens with zero attached hydrogens (tertiary/aromatic N) is 2. The van der Waals surface area contributed by atoms with Crippen molar-refractivity contribution in [3.05, 3.63) is 78.5 Å². The van der Waals surface area contributed by atoms with Gasteiger partial charge in [0.05, 0.1) is 23.6 Å². The lowest BCUT2D eigenvalue weighted by atomic mass is 9.73. The van der Waals surface area contributed by atoms with Crippen LogP contribution in [0.5, 0.6) is 5.75 Å². The summed E-state index contributed by atoms with van der Waals surface area (Å²) in [4.78, 5) is 7.93. The fourth-order valence-corrected chi connectivity index (χ4v) is 6.50. The normalized spacial score (nSPS) is 26.1. The Balaban J connectivity index is 1.56. The van der Waals surface area contributed by atoms with E-state index in [4.69, 9.17) is 4.74 Å². The number of ether oxygens (including phenoxy) is 1. The predicted octanol–water partition coefficient (Wildman–Crippen LogP) is 4.80. The van der Waals surface area contributed by atoms with Gasteiger partial charge in [0.15, 0.2) is 0 Å². The molecule has 6 heteroatoms. The number of piperidine rings is 3. The molecule has 3 aliphatic rings. The summed E-state index contributed by atoms with van der Waals surface area (Å²) in [5, 5.41) is 1.04. The summed E-state index contributed by atoms with van der Waals surface area (Å²) in [5.41, 5.74) is 3.19. The van der Waals surface area contributed by atoms with Crippen molar-refractivity contribution in [2.75, 3.05) is 20.2 Å². The number of rotatable bonds is 7. The lowest BCUT2D eigenvalue weighted by Crippen LogP contribution is -2.57. The van der Waals surface area contributed by atoms with Crippen LogP contribution in [-0.4, -0.2) is 40.3 Å². The first-order valence-corrected chi connectivity index (χ1v) is 12.8. The van der Waals surface area contributed by atoms with Crippen LogP contribution in [-0.2, 0) is 11.0 Å². The van der Waals surface area contributed by atoms with Crippen molar-refractivity contribution >= 4 is 21.9 Å². The highest BCUT2D eigenvalue weighted by atomic mass is 32.2. The first kappa shape index (κ1) is 22.3. The van der Waals surface area contributed by atoms with E-state index in [0.717, 1.165) is 52.2 Å². The van der Waals surface area contributed by atoms with Crippen LogP contribution in [0.15, 0.2) is 72.3 Å². The number of hydrogen-bond acceptors (Lipinski definition) is 4. The smallest absolute Gasteiger partial charge is 0.125 e. The van der Waals surface area contributed by atoms with Gasteiger partial charge >= 0.3 is 0 Å². The first-order chi connectivity index (χ1) is 16.1. The molecule has 1 N–H and O–H groups in total. The fraction of sp³-hybridized carbons (Fsp3) is 0.370. The van der Waals surface area contributed by atoms with Crippen LogP contribution in [0.3, 0.4) is 0 Å². The third kappa shape index (κ3) is 4.35. The average Bonchev–Trinajstić information content (AvgIpc) is 2.87. The van der Waals surface area contributed by atoms with Crippen LogP contribution in [0.1, 0.15) is 30.0 Å². The summed E-state index contributed by atoms with van der Waals surface area (Å²) >= 11 is 0. The molecule has 172 valence electrons. The highest BCUT2D eigenvalue weighted by Crippen LogP contribution is 2.42. The fourth-order valence-electron chi connectivity index (χ4n) is 5.46. The van der Waals surface area contributed by atoms with Gasteiger partial charge in [0, 0.05) is 24.2 Å². The zero-order valence-corrected chi connectivity index (χ0v) is 20.1. The minimum atomic E-state index is -1.34. The van der Waals surface area contributed by atoms with Crippen LogP contribution >= 0.6 is 0 Å². The molecule has 3 aromatic rings. The molecule has 0 amide bonds. The Kier molecular flexibility index (Phi) is 6.32. The summed E-state index contributed by atoms with van der Waals surface area (Å²) < 4.78 is 22.5. The van der Waals surface area contributed by atoms with Crippen molar-refractivity contribution in [2.45, 2.75) is 36.7 Å². The van der Waals surface area contributed by atoms with Gasteiger partial charge in [-0.05, 0) is 80.1 Å². The van der Waals surface area contributed by atoms with E-state index >= 15 is 0 Å². The van der Waals surface area contributed by atoms with E-state index in [9.17, 15) is 4.21 Å². The Labute approximate surface area is 198 Å². The third-order valence-electron chi connectivity index (χ3n) is 7.33. The second kappa shape index (κ2) is 9.37. The standard InChI is InChI=1S/C27H31N3O2S/c1-4-19-17-30-14-12-20(19)15-26(30)27(29-33(31)22-8-5-18(2)6-9-22)23-11-13-28-25-10-7-21(32-3)16-24(23)25/h4-11,13,16,19-20,26-27,29H,1,12,14-15,17H2,2-3H3/t19?,20?,26-,27-,33?/m0/s1. The van der Waals surface area contributed by atoms with Gasteiger partial charge in [0.2, 0.25) is 0 Å². The Morgan fingerprint density at radius 3 is 2.76 bits per heavy atom. The van der Waals surface area contributed by atoms with E-state index in [0.29, 0.717) is 11.8 Å².